The first kappa shape index (κ1) is 24.4. The second kappa shape index (κ2) is 8.62. The van der Waals surface area contributed by atoms with E-state index in [1.54, 1.807) is 33.8 Å². The summed E-state index contributed by atoms with van der Waals surface area (Å²) < 4.78 is 62.2. The molecular formula is C24H24F4N2O3. The molecule has 33 heavy (non-hydrogen) atoms. The minimum atomic E-state index is -4.80. The lowest BCUT2D eigenvalue weighted by atomic mass is 9.68. The molecule has 0 aliphatic rings. The standard InChI is InChI=1S/C24H24F4N2O3/c1-14-10-16(33-24(26,27)28)7-8-17(14)15-6-9-18(20(25)11-15)23(31,22(2,3)4)19-12-29-13-30-21(19)32-5/h6-13,31H,1-5H3. The number of aryl methyl sites for hydroxylation is 1. The maximum atomic E-state index is 15.5. The SMILES string of the molecule is COc1ncncc1C(O)(c1ccc(-c2ccc(OC(F)(F)F)cc2C)cc1F)C(C)(C)C. The summed E-state index contributed by atoms with van der Waals surface area (Å²) in [7, 11) is 1.39. The molecule has 0 bridgehead atoms. The van der Waals surface area contributed by atoms with Gasteiger partial charge in [0.2, 0.25) is 5.88 Å². The van der Waals surface area contributed by atoms with E-state index < -0.39 is 23.2 Å². The zero-order valence-corrected chi connectivity index (χ0v) is 18.8. The van der Waals surface area contributed by atoms with E-state index in [0.717, 1.165) is 0 Å². The number of hydrogen-bond donors (Lipinski definition) is 1. The van der Waals surface area contributed by atoms with Gasteiger partial charge in [-0.3, -0.25) is 0 Å². The summed E-state index contributed by atoms with van der Waals surface area (Å²) in [4.78, 5) is 8.01. The molecule has 0 fully saturated rings. The molecule has 0 aliphatic carbocycles. The van der Waals surface area contributed by atoms with E-state index in [0.29, 0.717) is 16.7 Å². The Labute approximate surface area is 189 Å². The highest BCUT2D eigenvalue weighted by Gasteiger charge is 2.47. The summed E-state index contributed by atoms with van der Waals surface area (Å²) in [5.74, 6) is -0.952. The predicted octanol–water partition coefficient (Wildman–Crippen LogP) is 5.78. The molecule has 0 saturated heterocycles. The van der Waals surface area contributed by atoms with Crippen molar-refractivity contribution in [3.8, 4) is 22.8 Å². The minimum Gasteiger partial charge on any atom is -0.481 e. The van der Waals surface area contributed by atoms with E-state index in [1.807, 2.05) is 0 Å². The molecule has 0 amide bonds. The fourth-order valence-electron chi connectivity index (χ4n) is 3.82. The van der Waals surface area contributed by atoms with E-state index in [9.17, 15) is 18.3 Å². The summed E-state index contributed by atoms with van der Waals surface area (Å²) in [6.45, 7) is 6.84. The first-order chi connectivity index (χ1) is 15.3. The summed E-state index contributed by atoms with van der Waals surface area (Å²) in [5.41, 5.74) is -1.12. The molecular weight excluding hydrogens is 440 g/mol. The zero-order chi connectivity index (χ0) is 24.6. The molecule has 3 aromatic rings. The third-order valence-electron chi connectivity index (χ3n) is 5.45. The highest BCUT2D eigenvalue weighted by atomic mass is 19.4. The highest BCUT2D eigenvalue weighted by Crippen LogP contribution is 2.48. The lowest BCUT2D eigenvalue weighted by Gasteiger charge is -2.41. The number of aliphatic hydroxyl groups is 1. The van der Waals surface area contributed by atoms with Crippen LogP contribution >= 0.6 is 0 Å². The zero-order valence-electron chi connectivity index (χ0n) is 18.8. The molecule has 1 heterocycles. The number of aromatic nitrogens is 2. The van der Waals surface area contributed by atoms with E-state index in [4.69, 9.17) is 4.74 Å². The van der Waals surface area contributed by atoms with Crippen molar-refractivity contribution >= 4 is 0 Å². The molecule has 1 N–H and O–H groups in total. The first-order valence-electron chi connectivity index (χ1n) is 10.0. The Hall–Kier alpha value is -3.20. The van der Waals surface area contributed by atoms with Gasteiger partial charge in [0.05, 0.1) is 12.7 Å². The molecule has 0 radical (unpaired) electrons. The van der Waals surface area contributed by atoms with Gasteiger partial charge in [-0.15, -0.1) is 13.2 Å². The average molecular weight is 464 g/mol. The Morgan fingerprint density at radius 3 is 2.21 bits per heavy atom. The summed E-state index contributed by atoms with van der Waals surface area (Å²) in [6.07, 6.45) is -2.16. The second-order valence-electron chi connectivity index (χ2n) is 8.63. The Morgan fingerprint density at radius 2 is 1.67 bits per heavy atom. The Kier molecular flexibility index (Phi) is 6.39. The molecule has 0 aliphatic heterocycles. The van der Waals surface area contributed by atoms with Gasteiger partial charge in [-0.1, -0.05) is 39.0 Å². The van der Waals surface area contributed by atoms with Gasteiger partial charge >= 0.3 is 6.36 Å². The molecule has 1 atom stereocenters. The molecule has 3 rings (SSSR count). The maximum absolute atomic E-state index is 15.5. The molecule has 9 heteroatoms. The van der Waals surface area contributed by atoms with Crippen LogP contribution in [0.5, 0.6) is 11.6 Å². The Morgan fingerprint density at radius 1 is 0.970 bits per heavy atom. The van der Waals surface area contributed by atoms with Crippen LogP contribution in [0.2, 0.25) is 0 Å². The lowest BCUT2D eigenvalue weighted by molar-refractivity contribution is -0.274. The maximum Gasteiger partial charge on any atom is 0.573 e. The van der Waals surface area contributed by atoms with Gasteiger partial charge in [0.25, 0.3) is 0 Å². The van der Waals surface area contributed by atoms with Crippen molar-refractivity contribution in [3.63, 3.8) is 0 Å². The van der Waals surface area contributed by atoms with Gasteiger partial charge in [0.15, 0.2) is 0 Å². The van der Waals surface area contributed by atoms with Crippen LogP contribution < -0.4 is 9.47 Å². The van der Waals surface area contributed by atoms with Crippen molar-refractivity contribution in [2.45, 2.75) is 39.7 Å². The molecule has 176 valence electrons. The van der Waals surface area contributed by atoms with Gasteiger partial charge in [-0.25, -0.2) is 14.4 Å². The fraction of sp³-hybridized carbons (Fsp3) is 0.333. The van der Waals surface area contributed by atoms with Crippen LogP contribution in [-0.2, 0) is 5.60 Å². The third kappa shape index (κ3) is 4.78. The van der Waals surface area contributed by atoms with Crippen molar-refractivity contribution < 1.29 is 32.1 Å². The predicted molar refractivity (Wildman–Crippen MR) is 114 cm³/mol. The Balaban J connectivity index is 2.10. The number of benzene rings is 2. The molecule has 0 saturated carbocycles. The highest BCUT2D eigenvalue weighted by molar-refractivity contribution is 5.69. The van der Waals surface area contributed by atoms with E-state index in [-0.39, 0.29) is 22.8 Å². The van der Waals surface area contributed by atoms with Crippen LogP contribution in [0.3, 0.4) is 0 Å². The lowest BCUT2D eigenvalue weighted by Crippen LogP contribution is -2.42. The van der Waals surface area contributed by atoms with Crippen LogP contribution in [0.25, 0.3) is 11.1 Å². The van der Waals surface area contributed by atoms with E-state index in [2.05, 4.69) is 14.7 Å². The van der Waals surface area contributed by atoms with Crippen LogP contribution in [-0.4, -0.2) is 28.5 Å². The van der Waals surface area contributed by atoms with Gasteiger partial charge < -0.3 is 14.6 Å². The molecule has 2 aromatic carbocycles. The number of methoxy groups -OCH3 is 1. The van der Waals surface area contributed by atoms with Crippen molar-refractivity contribution in [1.29, 1.82) is 0 Å². The molecule has 1 aromatic heterocycles. The number of ether oxygens (including phenoxy) is 2. The minimum absolute atomic E-state index is 0.0125. The smallest absolute Gasteiger partial charge is 0.481 e. The van der Waals surface area contributed by atoms with Crippen molar-refractivity contribution in [1.82, 2.24) is 9.97 Å². The number of halogens is 4. The number of hydrogen-bond acceptors (Lipinski definition) is 5. The van der Waals surface area contributed by atoms with Crippen LogP contribution in [0.4, 0.5) is 17.6 Å². The number of nitrogens with zero attached hydrogens (tertiary/aromatic N) is 2. The van der Waals surface area contributed by atoms with E-state index in [1.165, 1.54) is 50.0 Å². The fourth-order valence-corrected chi connectivity index (χ4v) is 3.82. The van der Waals surface area contributed by atoms with Gasteiger partial charge in [-0.05, 0) is 47.2 Å². The van der Waals surface area contributed by atoms with Crippen molar-refractivity contribution in [2.24, 2.45) is 5.41 Å². The third-order valence-corrected chi connectivity index (χ3v) is 5.45. The number of rotatable bonds is 5. The first-order valence-corrected chi connectivity index (χ1v) is 10.0. The van der Waals surface area contributed by atoms with Crippen LogP contribution in [0.15, 0.2) is 48.9 Å². The summed E-state index contributed by atoms with van der Waals surface area (Å²) in [5, 5.41) is 11.8. The largest absolute Gasteiger partial charge is 0.573 e. The molecule has 0 spiro atoms. The Bertz CT molecular complexity index is 1160. The van der Waals surface area contributed by atoms with Gasteiger partial charge in [0, 0.05) is 11.8 Å². The van der Waals surface area contributed by atoms with Crippen molar-refractivity contribution in [2.75, 3.05) is 7.11 Å². The quantitative estimate of drug-likeness (QED) is 0.485. The number of alkyl halides is 3. The summed E-state index contributed by atoms with van der Waals surface area (Å²) >= 11 is 0. The molecule has 1 unspecified atom stereocenters. The second-order valence-corrected chi connectivity index (χ2v) is 8.63. The average Bonchev–Trinajstić information content (AvgIpc) is 2.71. The summed E-state index contributed by atoms with van der Waals surface area (Å²) in [6, 6.07) is 8.09. The normalized spacial score (nSPS) is 14.0. The molecule has 5 nitrogen and oxygen atoms in total. The van der Waals surface area contributed by atoms with Crippen molar-refractivity contribution in [3.05, 3.63) is 71.4 Å². The van der Waals surface area contributed by atoms with Crippen LogP contribution in [0, 0.1) is 18.2 Å². The van der Waals surface area contributed by atoms with Gasteiger partial charge in [0.1, 0.15) is 23.5 Å². The van der Waals surface area contributed by atoms with Gasteiger partial charge in [-0.2, -0.15) is 0 Å². The topological polar surface area (TPSA) is 64.5 Å². The van der Waals surface area contributed by atoms with E-state index >= 15 is 4.39 Å². The van der Waals surface area contributed by atoms with Crippen LogP contribution in [0.1, 0.15) is 37.5 Å². The monoisotopic (exact) mass is 464 g/mol.